The van der Waals surface area contributed by atoms with E-state index in [1.807, 2.05) is 6.92 Å². The Labute approximate surface area is 416 Å². The molecule has 1 aromatic carbocycles. The first-order valence-corrected chi connectivity index (χ1v) is 25.2. The van der Waals surface area contributed by atoms with Gasteiger partial charge in [0.1, 0.15) is 28.7 Å². The maximum atomic E-state index is 15.1. The number of thiazole rings is 1. The van der Waals surface area contributed by atoms with Gasteiger partial charge in [-0.3, -0.25) is 24.6 Å². The summed E-state index contributed by atoms with van der Waals surface area (Å²) >= 11 is 1.95. The van der Waals surface area contributed by atoms with E-state index in [1.54, 1.807) is 81.4 Å². The highest BCUT2D eigenvalue weighted by Crippen LogP contribution is 2.65. The number of hydrogen-bond donors (Lipinski definition) is 3. The highest BCUT2D eigenvalue weighted by molar-refractivity contribution is 8.00. The predicted octanol–water partition coefficient (Wildman–Crippen LogP) is 6.49. The first kappa shape index (κ1) is 54.1. The van der Waals surface area contributed by atoms with E-state index in [0.29, 0.717) is 23.5 Å². The van der Waals surface area contributed by atoms with Gasteiger partial charge in [0.05, 0.1) is 29.1 Å². The molecule has 2 aromatic rings. The van der Waals surface area contributed by atoms with Crippen molar-refractivity contribution in [2.24, 2.45) is 17.3 Å². The van der Waals surface area contributed by atoms with Crippen LogP contribution in [-0.4, -0.2) is 130 Å². The number of amides is 6. The minimum atomic E-state index is -1.67. The standard InChI is InChI=1S/C47H65BN6O14S2/c1-14-53-17-18-54(37(58)36(53)57)40(60)51-33(27-24-70-39(49-27)52-41(61)65-44(5,6)7)35(56)50-31(48-67-30-23-26-22-29(46(26,11)12)47(30,13)68-48)21-25-15-16-28(69-20-19-55)32(38(59)64-43(2,3)4)34(25)63-42(62)66-45(8,9)10/h15-16,19,24,26,29-31,33H,14,17-18,20-23H2,1-13H3,(H,50,56)(H,51,60)(H,49,52,61)/t26-,29-,30+,31?,33?,47-/m0/s1. The largest absolute Gasteiger partial charge is 0.514 e. The van der Waals surface area contributed by atoms with E-state index in [0.717, 1.165) is 29.5 Å². The van der Waals surface area contributed by atoms with Gasteiger partial charge in [-0.25, -0.2) is 24.2 Å². The molecule has 20 nitrogen and oxygen atoms in total. The molecule has 0 radical (unpaired) electrons. The number of piperazine rings is 1. The van der Waals surface area contributed by atoms with Gasteiger partial charge < -0.3 is 48.6 Å². The molecule has 70 heavy (non-hydrogen) atoms. The number of imide groups is 1. The second-order valence-electron chi connectivity index (χ2n) is 21.6. The maximum Gasteiger partial charge on any atom is 0.514 e. The van der Waals surface area contributed by atoms with Crippen LogP contribution in [0.1, 0.15) is 131 Å². The molecule has 0 spiro atoms. The summed E-state index contributed by atoms with van der Waals surface area (Å²) in [5.74, 6) is -4.78. The van der Waals surface area contributed by atoms with E-state index in [4.69, 9.17) is 28.3 Å². The molecule has 5 aliphatic rings. The summed E-state index contributed by atoms with van der Waals surface area (Å²) in [4.78, 5) is 114. The number of aldehydes is 1. The fraction of sp³-hybridized carbons (Fsp3) is 0.638. The van der Waals surface area contributed by atoms with E-state index in [-0.39, 0.29) is 81.8 Å². The van der Waals surface area contributed by atoms with Crippen LogP contribution in [-0.2, 0) is 49.1 Å². The summed E-state index contributed by atoms with van der Waals surface area (Å²) < 4.78 is 36.4. The SMILES string of the molecule is CCN1CCN(C(=O)NC(C(=O)NC(Cc2ccc(SCC=O)c(C(=O)OC(C)(C)C)c2OC(=O)OC(C)(C)C)B2O[C@@H]3C[C@@H]4C[C@@H](C4(C)C)[C@]3(C)O2)c2csc(NC(=O)OC(C)(C)C)n2)C(=O)C1=O. The zero-order chi connectivity index (χ0) is 51.9. The number of esters is 1. The van der Waals surface area contributed by atoms with Gasteiger partial charge in [0.15, 0.2) is 16.9 Å². The fourth-order valence-corrected chi connectivity index (χ4v) is 10.8. The van der Waals surface area contributed by atoms with Crippen molar-refractivity contribution >= 4 is 83.6 Å². The third-order valence-electron chi connectivity index (χ3n) is 12.6. The summed E-state index contributed by atoms with van der Waals surface area (Å²) in [5, 5.41) is 9.56. The summed E-state index contributed by atoms with van der Waals surface area (Å²) in [6.07, 6.45) is -0.353. The van der Waals surface area contributed by atoms with Crippen molar-refractivity contribution < 1.29 is 66.6 Å². The van der Waals surface area contributed by atoms with Crippen molar-refractivity contribution in [3.63, 3.8) is 0 Å². The molecule has 7 rings (SSSR count). The molecule has 2 bridgehead atoms. The minimum Gasteiger partial charge on any atom is -0.456 e. The van der Waals surface area contributed by atoms with Gasteiger partial charge in [-0.1, -0.05) is 19.9 Å². The average molecular weight is 1010 g/mol. The van der Waals surface area contributed by atoms with Crippen molar-refractivity contribution in [3.05, 3.63) is 34.3 Å². The molecule has 3 heterocycles. The van der Waals surface area contributed by atoms with E-state index in [2.05, 4.69) is 34.8 Å². The number of hydrogen-bond acceptors (Lipinski definition) is 17. The Bertz CT molecular complexity index is 2390. The van der Waals surface area contributed by atoms with Crippen molar-refractivity contribution in [1.29, 1.82) is 0 Å². The molecule has 6 atom stereocenters. The summed E-state index contributed by atoms with van der Waals surface area (Å²) in [6, 6.07) is 0.423. The van der Waals surface area contributed by atoms with Crippen molar-refractivity contribution in [2.45, 2.75) is 155 Å². The number of ether oxygens (including phenoxy) is 4. The number of thioether (sulfide) groups is 1. The normalized spacial score (nSPS) is 22.8. The Hall–Kier alpha value is -5.26. The number of urea groups is 1. The van der Waals surface area contributed by atoms with Crippen LogP contribution in [0.25, 0.3) is 0 Å². The molecule has 5 fully saturated rings. The lowest BCUT2D eigenvalue weighted by Gasteiger charge is -2.64. The van der Waals surface area contributed by atoms with E-state index >= 15 is 4.79 Å². The highest BCUT2D eigenvalue weighted by atomic mass is 32.2. The molecule has 1 aromatic heterocycles. The Balaban J connectivity index is 1.44. The Morgan fingerprint density at radius 1 is 0.943 bits per heavy atom. The number of benzene rings is 1. The number of anilines is 1. The Morgan fingerprint density at radius 2 is 1.61 bits per heavy atom. The van der Waals surface area contributed by atoms with Crippen molar-refractivity contribution in [3.8, 4) is 5.75 Å². The molecule has 3 aliphatic carbocycles. The Morgan fingerprint density at radius 3 is 2.23 bits per heavy atom. The van der Waals surface area contributed by atoms with Gasteiger partial charge in [-0.05, 0) is 124 Å². The van der Waals surface area contributed by atoms with Crippen molar-refractivity contribution in [1.82, 2.24) is 25.4 Å². The summed E-state index contributed by atoms with van der Waals surface area (Å²) in [7, 11) is -1.17. The molecular formula is C47H65BN6O14S2. The lowest BCUT2D eigenvalue weighted by molar-refractivity contribution is -0.199. The average Bonchev–Trinajstić information content (AvgIpc) is 3.84. The zero-order valence-electron chi connectivity index (χ0n) is 42.1. The van der Waals surface area contributed by atoms with Crippen LogP contribution < -0.4 is 20.7 Å². The molecule has 2 unspecified atom stereocenters. The van der Waals surface area contributed by atoms with Gasteiger partial charge >= 0.3 is 43.2 Å². The van der Waals surface area contributed by atoms with Crippen LogP contribution in [0.5, 0.6) is 5.75 Å². The van der Waals surface area contributed by atoms with E-state index in [9.17, 15) is 33.6 Å². The van der Waals surface area contributed by atoms with Gasteiger partial charge in [-0.2, -0.15) is 0 Å². The molecule has 382 valence electrons. The molecule has 23 heteroatoms. The number of aromatic nitrogens is 1. The quantitative estimate of drug-likeness (QED) is 0.0348. The van der Waals surface area contributed by atoms with Crippen LogP contribution in [0, 0.1) is 17.3 Å². The molecule has 6 amide bonds. The molecular weight excluding hydrogens is 947 g/mol. The third-order valence-corrected chi connectivity index (χ3v) is 14.4. The predicted molar refractivity (Wildman–Crippen MR) is 258 cm³/mol. The monoisotopic (exact) mass is 1010 g/mol. The number of carbonyl (C=O) groups is 8. The molecule has 2 aliphatic heterocycles. The lowest BCUT2D eigenvalue weighted by atomic mass is 9.43. The minimum absolute atomic E-state index is 0.0165. The van der Waals surface area contributed by atoms with Gasteiger partial charge in [-0.15, -0.1) is 23.1 Å². The summed E-state index contributed by atoms with van der Waals surface area (Å²) in [6.45, 7) is 23.2. The Kier molecular flexibility index (Phi) is 15.8. The topological polar surface area (TPSA) is 247 Å². The van der Waals surface area contributed by atoms with Crippen LogP contribution >= 0.6 is 23.1 Å². The van der Waals surface area contributed by atoms with Crippen LogP contribution in [0.4, 0.5) is 19.5 Å². The number of nitrogens with one attached hydrogen (secondary N) is 3. The van der Waals surface area contributed by atoms with Gasteiger partial charge in [0, 0.05) is 29.9 Å². The molecule has 2 saturated heterocycles. The fourth-order valence-electron chi connectivity index (χ4n) is 9.31. The first-order chi connectivity index (χ1) is 32.4. The van der Waals surface area contributed by atoms with Crippen LogP contribution in [0.3, 0.4) is 0 Å². The first-order valence-electron chi connectivity index (χ1n) is 23.3. The van der Waals surface area contributed by atoms with Crippen molar-refractivity contribution in [2.75, 3.05) is 30.7 Å². The smallest absolute Gasteiger partial charge is 0.456 e. The van der Waals surface area contributed by atoms with Gasteiger partial charge in [0.25, 0.3) is 0 Å². The second-order valence-corrected chi connectivity index (χ2v) is 23.5. The summed E-state index contributed by atoms with van der Waals surface area (Å²) in [5.41, 5.74) is -3.78. The highest BCUT2D eigenvalue weighted by Gasteiger charge is 2.68. The lowest BCUT2D eigenvalue weighted by Crippen LogP contribution is -2.65. The maximum absolute atomic E-state index is 15.1. The zero-order valence-corrected chi connectivity index (χ0v) is 43.7. The van der Waals surface area contributed by atoms with E-state index < -0.39 is 83.5 Å². The number of likely N-dealkylation sites (N-methyl/N-ethyl adjacent to an activating group) is 1. The second kappa shape index (κ2) is 20.5. The molecule has 3 N–H and O–H groups in total. The number of rotatable bonds is 14. The van der Waals surface area contributed by atoms with Gasteiger partial charge in [0.2, 0.25) is 5.91 Å². The van der Waals surface area contributed by atoms with Crippen LogP contribution in [0.2, 0.25) is 0 Å². The van der Waals surface area contributed by atoms with Crippen LogP contribution in [0.15, 0.2) is 22.4 Å². The third kappa shape index (κ3) is 12.2. The molecule has 3 saturated carbocycles. The number of nitrogens with zero attached hydrogens (tertiary/aromatic N) is 3. The number of carbonyl (C=O) groups excluding carboxylic acids is 8. The van der Waals surface area contributed by atoms with E-state index in [1.165, 1.54) is 10.3 Å².